The maximum Gasteiger partial charge on any atom is 0.243 e. The standard InChI is InChI=1S/C14H22N4O/c1-17(2)6-3-4-14(19)16-10-12-8-13(9-12)18-7-5-15-11-18/h3-5,7,11-13H,6,8-10H2,1-2H3,(H,16,19)/b4-3+. The lowest BCUT2D eigenvalue weighted by Gasteiger charge is -2.36. The summed E-state index contributed by atoms with van der Waals surface area (Å²) >= 11 is 0. The van der Waals surface area contributed by atoms with Crippen LogP contribution in [0.3, 0.4) is 0 Å². The lowest BCUT2D eigenvalue weighted by Crippen LogP contribution is -2.36. The van der Waals surface area contributed by atoms with Gasteiger partial charge in [0.05, 0.1) is 6.33 Å². The molecule has 5 nitrogen and oxygen atoms in total. The quantitative estimate of drug-likeness (QED) is 0.780. The molecule has 0 saturated heterocycles. The van der Waals surface area contributed by atoms with Crippen molar-refractivity contribution in [2.45, 2.75) is 18.9 Å². The number of carbonyl (C=O) groups is 1. The second kappa shape index (κ2) is 6.52. The fraction of sp³-hybridized carbons (Fsp3) is 0.571. The summed E-state index contributed by atoms with van der Waals surface area (Å²) in [4.78, 5) is 17.6. The lowest BCUT2D eigenvalue weighted by atomic mass is 9.80. The normalized spacial score (nSPS) is 22.7. The summed E-state index contributed by atoms with van der Waals surface area (Å²) in [5.41, 5.74) is 0. The third-order valence-corrected chi connectivity index (χ3v) is 3.46. The van der Waals surface area contributed by atoms with Crippen LogP contribution in [0.15, 0.2) is 30.9 Å². The van der Waals surface area contributed by atoms with Crippen LogP contribution in [0.25, 0.3) is 0 Å². The predicted octanol–water partition coefficient (Wildman–Crippen LogP) is 1.07. The van der Waals surface area contributed by atoms with Gasteiger partial charge in [0.1, 0.15) is 0 Å². The number of hydrogen-bond donors (Lipinski definition) is 1. The predicted molar refractivity (Wildman–Crippen MR) is 74.7 cm³/mol. The highest BCUT2D eigenvalue weighted by Crippen LogP contribution is 2.36. The molecule has 1 aromatic heterocycles. The molecular formula is C14H22N4O. The van der Waals surface area contributed by atoms with E-state index >= 15 is 0 Å². The zero-order valence-corrected chi connectivity index (χ0v) is 11.6. The van der Waals surface area contributed by atoms with Crippen LogP contribution in [0.2, 0.25) is 0 Å². The topological polar surface area (TPSA) is 50.2 Å². The number of hydrogen-bond acceptors (Lipinski definition) is 3. The van der Waals surface area contributed by atoms with Crippen molar-refractivity contribution in [1.29, 1.82) is 0 Å². The summed E-state index contributed by atoms with van der Waals surface area (Å²) in [6.45, 7) is 1.57. The Hall–Kier alpha value is -1.62. The van der Waals surface area contributed by atoms with Crippen LogP contribution in [0.4, 0.5) is 0 Å². The molecule has 1 fully saturated rings. The number of amides is 1. The van der Waals surface area contributed by atoms with Gasteiger partial charge in [0.2, 0.25) is 5.91 Å². The summed E-state index contributed by atoms with van der Waals surface area (Å²) in [5, 5.41) is 2.96. The van der Waals surface area contributed by atoms with E-state index in [9.17, 15) is 4.79 Å². The second-order valence-electron chi connectivity index (χ2n) is 5.41. The van der Waals surface area contributed by atoms with Crippen LogP contribution in [0, 0.1) is 5.92 Å². The van der Waals surface area contributed by atoms with E-state index in [-0.39, 0.29) is 5.91 Å². The first-order valence-electron chi connectivity index (χ1n) is 6.71. The third-order valence-electron chi connectivity index (χ3n) is 3.46. The van der Waals surface area contributed by atoms with Crippen LogP contribution < -0.4 is 5.32 Å². The minimum absolute atomic E-state index is 0.00734. The molecule has 0 bridgehead atoms. The average molecular weight is 262 g/mol. The first-order chi connectivity index (χ1) is 9.15. The summed E-state index contributed by atoms with van der Waals surface area (Å²) in [6.07, 6.45) is 11.4. The molecule has 1 aromatic rings. The minimum Gasteiger partial charge on any atom is -0.352 e. The molecular weight excluding hydrogens is 240 g/mol. The van der Waals surface area contributed by atoms with Gasteiger partial charge in [-0.2, -0.15) is 0 Å². The lowest BCUT2D eigenvalue weighted by molar-refractivity contribution is -0.116. The van der Waals surface area contributed by atoms with Gasteiger partial charge in [0, 0.05) is 37.6 Å². The van der Waals surface area contributed by atoms with Crippen molar-refractivity contribution in [3.05, 3.63) is 30.9 Å². The van der Waals surface area contributed by atoms with E-state index in [1.807, 2.05) is 43.8 Å². The molecule has 0 spiro atoms. The van der Waals surface area contributed by atoms with Gasteiger partial charge in [-0.15, -0.1) is 0 Å². The molecule has 0 radical (unpaired) electrons. The first-order valence-corrected chi connectivity index (χ1v) is 6.71. The van der Waals surface area contributed by atoms with Gasteiger partial charge < -0.3 is 14.8 Å². The van der Waals surface area contributed by atoms with Crippen LogP contribution in [-0.2, 0) is 4.79 Å². The highest BCUT2D eigenvalue weighted by molar-refractivity contribution is 5.87. The monoisotopic (exact) mass is 262 g/mol. The fourth-order valence-corrected chi connectivity index (χ4v) is 2.27. The van der Waals surface area contributed by atoms with Gasteiger partial charge >= 0.3 is 0 Å². The molecule has 1 heterocycles. The maximum absolute atomic E-state index is 11.5. The van der Waals surface area contributed by atoms with Crippen molar-refractivity contribution in [1.82, 2.24) is 19.8 Å². The zero-order valence-electron chi connectivity index (χ0n) is 11.6. The van der Waals surface area contributed by atoms with E-state index in [1.54, 1.807) is 6.08 Å². The van der Waals surface area contributed by atoms with E-state index in [2.05, 4.69) is 14.9 Å². The third kappa shape index (κ3) is 4.21. The molecule has 1 saturated carbocycles. The second-order valence-corrected chi connectivity index (χ2v) is 5.41. The molecule has 1 amide bonds. The molecule has 2 rings (SSSR count). The molecule has 1 aliphatic rings. The Kier molecular flexibility index (Phi) is 4.74. The Morgan fingerprint density at radius 1 is 1.53 bits per heavy atom. The maximum atomic E-state index is 11.5. The Bertz CT molecular complexity index is 419. The number of aromatic nitrogens is 2. The smallest absolute Gasteiger partial charge is 0.243 e. The molecule has 0 aliphatic heterocycles. The van der Waals surface area contributed by atoms with Gasteiger partial charge in [-0.3, -0.25) is 4.79 Å². The molecule has 1 aliphatic carbocycles. The molecule has 0 unspecified atom stereocenters. The van der Waals surface area contributed by atoms with E-state index in [0.29, 0.717) is 12.0 Å². The summed E-state index contributed by atoms with van der Waals surface area (Å²) < 4.78 is 2.15. The Morgan fingerprint density at radius 2 is 2.32 bits per heavy atom. The van der Waals surface area contributed by atoms with E-state index in [1.165, 1.54) is 0 Å². The van der Waals surface area contributed by atoms with Crippen molar-refractivity contribution in [2.24, 2.45) is 5.92 Å². The molecule has 5 heteroatoms. The summed E-state index contributed by atoms with van der Waals surface area (Å²) in [7, 11) is 3.96. The average Bonchev–Trinajstić information content (AvgIpc) is 2.79. The van der Waals surface area contributed by atoms with Gasteiger partial charge in [-0.1, -0.05) is 6.08 Å². The largest absolute Gasteiger partial charge is 0.352 e. The van der Waals surface area contributed by atoms with Crippen LogP contribution >= 0.6 is 0 Å². The molecule has 104 valence electrons. The van der Waals surface area contributed by atoms with Crippen molar-refractivity contribution < 1.29 is 4.79 Å². The fourth-order valence-electron chi connectivity index (χ4n) is 2.27. The highest BCUT2D eigenvalue weighted by Gasteiger charge is 2.29. The van der Waals surface area contributed by atoms with E-state index < -0.39 is 0 Å². The summed E-state index contributed by atoms with van der Waals surface area (Å²) in [5.74, 6) is 0.603. The van der Waals surface area contributed by atoms with E-state index in [4.69, 9.17) is 0 Å². The number of carbonyl (C=O) groups excluding carboxylic acids is 1. The summed E-state index contributed by atoms with van der Waals surface area (Å²) in [6, 6.07) is 0.564. The van der Waals surface area contributed by atoms with Crippen molar-refractivity contribution in [3.63, 3.8) is 0 Å². The minimum atomic E-state index is 0.00734. The Balaban J connectivity index is 1.60. The number of likely N-dealkylation sites (N-methyl/N-ethyl adjacent to an activating group) is 1. The molecule has 1 N–H and O–H groups in total. The van der Waals surface area contributed by atoms with E-state index in [0.717, 1.165) is 25.9 Å². The number of nitrogens with zero attached hydrogens (tertiary/aromatic N) is 3. The first kappa shape index (κ1) is 13.8. The zero-order chi connectivity index (χ0) is 13.7. The Labute approximate surface area is 114 Å². The van der Waals surface area contributed by atoms with Gasteiger partial charge in [-0.05, 0) is 32.9 Å². The number of rotatable bonds is 6. The Morgan fingerprint density at radius 3 is 2.95 bits per heavy atom. The molecule has 0 atom stereocenters. The van der Waals surface area contributed by atoms with Crippen LogP contribution in [0.1, 0.15) is 18.9 Å². The number of nitrogens with one attached hydrogen (secondary N) is 1. The van der Waals surface area contributed by atoms with Crippen molar-refractivity contribution >= 4 is 5.91 Å². The van der Waals surface area contributed by atoms with Crippen LogP contribution in [-0.4, -0.2) is 47.5 Å². The molecule has 0 aromatic carbocycles. The number of imidazole rings is 1. The van der Waals surface area contributed by atoms with Gasteiger partial charge in [-0.25, -0.2) is 4.98 Å². The SMILES string of the molecule is CN(C)C/C=C/C(=O)NCC1CC(n2ccnc2)C1. The van der Waals surface area contributed by atoms with Gasteiger partial charge in [0.15, 0.2) is 0 Å². The highest BCUT2D eigenvalue weighted by atomic mass is 16.1. The van der Waals surface area contributed by atoms with Gasteiger partial charge in [0.25, 0.3) is 0 Å². The van der Waals surface area contributed by atoms with Crippen LogP contribution in [0.5, 0.6) is 0 Å². The van der Waals surface area contributed by atoms with Crippen molar-refractivity contribution in [2.75, 3.05) is 27.2 Å². The molecule has 19 heavy (non-hydrogen) atoms. The van der Waals surface area contributed by atoms with Crippen molar-refractivity contribution in [3.8, 4) is 0 Å².